The first-order chi connectivity index (χ1) is 6.70. The summed E-state index contributed by atoms with van der Waals surface area (Å²) in [5.41, 5.74) is 0. The van der Waals surface area contributed by atoms with Crippen molar-refractivity contribution in [3.8, 4) is 0 Å². The SMILES string of the molecule is CN(C)C.c1ccc2ccccc2c1. The number of benzene rings is 2. The van der Waals surface area contributed by atoms with Gasteiger partial charge in [-0.15, -0.1) is 0 Å². The van der Waals surface area contributed by atoms with Crippen LogP contribution in [0.2, 0.25) is 0 Å². The fraction of sp³-hybridized carbons (Fsp3) is 0.231. The van der Waals surface area contributed by atoms with Gasteiger partial charge in [-0.1, -0.05) is 48.5 Å². The van der Waals surface area contributed by atoms with Crippen LogP contribution < -0.4 is 0 Å². The summed E-state index contributed by atoms with van der Waals surface area (Å²) in [7, 11) is 6.00. The first-order valence-electron chi connectivity index (χ1n) is 4.75. The van der Waals surface area contributed by atoms with Gasteiger partial charge < -0.3 is 4.90 Å². The molecule has 2 rings (SSSR count). The van der Waals surface area contributed by atoms with Crippen molar-refractivity contribution in [2.45, 2.75) is 0 Å². The Hall–Kier alpha value is -1.34. The van der Waals surface area contributed by atoms with Crippen LogP contribution >= 0.6 is 0 Å². The fourth-order valence-electron chi connectivity index (χ4n) is 1.13. The van der Waals surface area contributed by atoms with Crippen LogP contribution in [-0.2, 0) is 0 Å². The highest BCUT2D eigenvalue weighted by atomic mass is 15.0. The zero-order valence-corrected chi connectivity index (χ0v) is 9.07. The highest BCUT2D eigenvalue weighted by Crippen LogP contribution is 2.11. The molecule has 0 spiro atoms. The van der Waals surface area contributed by atoms with E-state index in [1.54, 1.807) is 0 Å². The van der Waals surface area contributed by atoms with Gasteiger partial charge in [0.1, 0.15) is 0 Å². The minimum Gasteiger partial charge on any atom is -0.312 e. The lowest BCUT2D eigenvalue weighted by atomic mass is 10.1. The molecule has 2 aromatic carbocycles. The predicted molar refractivity (Wildman–Crippen MR) is 63.6 cm³/mol. The molecular weight excluding hydrogens is 170 g/mol. The Labute approximate surface area is 86.0 Å². The van der Waals surface area contributed by atoms with E-state index < -0.39 is 0 Å². The Kier molecular flexibility index (Phi) is 4.14. The van der Waals surface area contributed by atoms with Gasteiger partial charge in [0.2, 0.25) is 0 Å². The lowest BCUT2D eigenvalue weighted by Crippen LogP contribution is -1.99. The summed E-state index contributed by atoms with van der Waals surface area (Å²) in [5.74, 6) is 0. The molecule has 0 aromatic heterocycles. The molecule has 0 N–H and O–H groups in total. The summed E-state index contributed by atoms with van der Waals surface area (Å²) in [6.07, 6.45) is 0. The lowest BCUT2D eigenvalue weighted by Gasteiger charge is -1.92. The van der Waals surface area contributed by atoms with Crippen molar-refractivity contribution in [1.29, 1.82) is 0 Å². The van der Waals surface area contributed by atoms with E-state index in [9.17, 15) is 0 Å². The van der Waals surface area contributed by atoms with Crippen LogP contribution in [0, 0.1) is 0 Å². The second-order valence-corrected chi connectivity index (χ2v) is 3.69. The first kappa shape index (κ1) is 10.7. The van der Waals surface area contributed by atoms with Gasteiger partial charge in [-0.3, -0.25) is 0 Å². The van der Waals surface area contributed by atoms with Crippen LogP contribution in [0.15, 0.2) is 48.5 Å². The molecule has 0 radical (unpaired) electrons. The van der Waals surface area contributed by atoms with E-state index in [4.69, 9.17) is 0 Å². The molecule has 0 atom stereocenters. The van der Waals surface area contributed by atoms with Gasteiger partial charge in [0.25, 0.3) is 0 Å². The molecule has 0 bridgehead atoms. The average Bonchev–Trinajstić information content (AvgIpc) is 2.17. The summed E-state index contributed by atoms with van der Waals surface area (Å²) in [5, 5.41) is 2.62. The van der Waals surface area contributed by atoms with Crippen LogP contribution in [0.1, 0.15) is 0 Å². The van der Waals surface area contributed by atoms with Gasteiger partial charge in [-0.05, 0) is 31.9 Å². The molecule has 0 fully saturated rings. The van der Waals surface area contributed by atoms with E-state index >= 15 is 0 Å². The number of hydrogen-bond acceptors (Lipinski definition) is 1. The monoisotopic (exact) mass is 187 g/mol. The average molecular weight is 187 g/mol. The van der Waals surface area contributed by atoms with Crippen molar-refractivity contribution in [1.82, 2.24) is 4.90 Å². The van der Waals surface area contributed by atoms with Gasteiger partial charge in [0, 0.05) is 0 Å². The van der Waals surface area contributed by atoms with Crippen molar-refractivity contribution >= 4 is 10.8 Å². The Bertz CT molecular complexity index is 311. The summed E-state index contributed by atoms with van der Waals surface area (Å²) < 4.78 is 0. The molecule has 0 unspecified atom stereocenters. The highest BCUT2D eigenvalue weighted by Gasteiger charge is 1.85. The molecule has 0 heterocycles. The Morgan fingerprint density at radius 2 is 0.857 bits per heavy atom. The summed E-state index contributed by atoms with van der Waals surface area (Å²) in [6, 6.07) is 16.7. The number of hydrogen-bond donors (Lipinski definition) is 0. The van der Waals surface area contributed by atoms with Crippen LogP contribution in [0.25, 0.3) is 10.8 Å². The van der Waals surface area contributed by atoms with Gasteiger partial charge in [-0.25, -0.2) is 0 Å². The van der Waals surface area contributed by atoms with E-state index in [0.717, 1.165) is 0 Å². The molecule has 0 amide bonds. The fourth-order valence-corrected chi connectivity index (χ4v) is 1.13. The molecular formula is C13H17N. The minimum atomic E-state index is 1.31. The van der Waals surface area contributed by atoms with Crippen molar-refractivity contribution in [3.05, 3.63) is 48.5 Å². The van der Waals surface area contributed by atoms with Crippen molar-refractivity contribution in [2.24, 2.45) is 0 Å². The third-order valence-corrected chi connectivity index (χ3v) is 1.66. The van der Waals surface area contributed by atoms with Crippen molar-refractivity contribution in [3.63, 3.8) is 0 Å². The topological polar surface area (TPSA) is 3.24 Å². The molecule has 14 heavy (non-hydrogen) atoms. The molecule has 0 aliphatic carbocycles. The minimum absolute atomic E-state index is 1.31. The maximum absolute atomic E-state index is 2.12. The van der Waals surface area contributed by atoms with Crippen LogP contribution in [0.3, 0.4) is 0 Å². The van der Waals surface area contributed by atoms with Crippen molar-refractivity contribution < 1.29 is 0 Å². The molecule has 0 aliphatic heterocycles. The zero-order valence-electron chi connectivity index (χ0n) is 9.07. The smallest absolute Gasteiger partial charge is 0.0140 e. The molecule has 74 valence electrons. The van der Waals surface area contributed by atoms with E-state index in [0.29, 0.717) is 0 Å². The third-order valence-electron chi connectivity index (χ3n) is 1.66. The summed E-state index contributed by atoms with van der Waals surface area (Å²) >= 11 is 0. The second kappa shape index (κ2) is 5.40. The van der Waals surface area contributed by atoms with E-state index in [1.165, 1.54) is 10.8 Å². The first-order valence-corrected chi connectivity index (χ1v) is 4.75. The standard InChI is InChI=1S/C10H8.C3H9N/c1-2-6-10-8-4-3-7-9(10)5-1;1-4(2)3/h1-8H;1-3H3. The normalized spacial score (nSPS) is 9.71. The second-order valence-electron chi connectivity index (χ2n) is 3.69. The van der Waals surface area contributed by atoms with Crippen LogP contribution in [-0.4, -0.2) is 26.0 Å². The van der Waals surface area contributed by atoms with E-state index in [1.807, 2.05) is 26.0 Å². The maximum atomic E-state index is 2.12. The van der Waals surface area contributed by atoms with Gasteiger partial charge in [0.05, 0.1) is 0 Å². The number of rotatable bonds is 0. The van der Waals surface area contributed by atoms with Gasteiger partial charge in [0.15, 0.2) is 0 Å². The Morgan fingerprint density at radius 3 is 1.07 bits per heavy atom. The number of nitrogens with zero attached hydrogens (tertiary/aromatic N) is 1. The van der Waals surface area contributed by atoms with Gasteiger partial charge in [-0.2, -0.15) is 0 Å². The molecule has 2 aromatic rings. The molecule has 0 saturated carbocycles. The quantitative estimate of drug-likeness (QED) is 0.613. The maximum Gasteiger partial charge on any atom is -0.0140 e. The van der Waals surface area contributed by atoms with Crippen LogP contribution in [0.5, 0.6) is 0 Å². The van der Waals surface area contributed by atoms with Gasteiger partial charge >= 0.3 is 0 Å². The Balaban J connectivity index is 0.000000213. The zero-order chi connectivity index (χ0) is 10.4. The largest absolute Gasteiger partial charge is 0.312 e. The summed E-state index contributed by atoms with van der Waals surface area (Å²) in [4.78, 5) is 2.00. The predicted octanol–water partition coefficient (Wildman–Crippen LogP) is 3.02. The lowest BCUT2D eigenvalue weighted by molar-refractivity contribution is 0.505. The van der Waals surface area contributed by atoms with Crippen LogP contribution in [0.4, 0.5) is 0 Å². The van der Waals surface area contributed by atoms with E-state index in [2.05, 4.69) is 48.5 Å². The molecule has 0 saturated heterocycles. The highest BCUT2D eigenvalue weighted by molar-refractivity contribution is 5.81. The molecule has 1 nitrogen and oxygen atoms in total. The Morgan fingerprint density at radius 1 is 0.643 bits per heavy atom. The molecule has 1 heteroatoms. The number of fused-ring (bicyclic) bond motifs is 1. The third kappa shape index (κ3) is 3.58. The summed E-state index contributed by atoms with van der Waals surface area (Å²) in [6.45, 7) is 0. The van der Waals surface area contributed by atoms with Crippen molar-refractivity contribution in [2.75, 3.05) is 21.1 Å². The molecule has 0 aliphatic rings. The van der Waals surface area contributed by atoms with E-state index in [-0.39, 0.29) is 0 Å².